The lowest BCUT2D eigenvalue weighted by atomic mass is 10.1. The summed E-state index contributed by atoms with van der Waals surface area (Å²) in [5, 5.41) is 13.5. The van der Waals surface area contributed by atoms with Crippen molar-refractivity contribution >= 4 is 27.9 Å². The van der Waals surface area contributed by atoms with E-state index in [9.17, 15) is 4.79 Å². The van der Waals surface area contributed by atoms with Gasteiger partial charge in [0, 0.05) is 43.7 Å². The van der Waals surface area contributed by atoms with Gasteiger partial charge in [-0.25, -0.2) is 0 Å². The number of carbonyl (C=O) groups excluding carboxylic acids is 1. The zero-order valence-corrected chi connectivity index (χ0v) is 16.7. The second kappa shape index (κ2) is 7.26. The van der Waals surface area contributed by atoms with E-state index in [1.807, 2.05) is 17.9 Å². The Morgan fingerprint density at radius 2 is 1.85 bits per heavy atom. The number of rotatable bonds is 4. The molecular weight excluding hydrogens is 360 g/mol. The molecule has 3 heterocycles. The summed E-state index contributed by atoms with van der Waals surface area (Å²) in [6.45, 7) is 7.76. The number of piperazine rings is 1. The van der Waals surface area contributed by atoms with E-state index in [-0.39, 0.29) is 18.0 Å². The quantitative estimate of drug-likeness (QED) is 0.692. The first-order chi connectivity index (χ1) is 13.0. The fourth-order valence-electron chi connectivity index (χ4n) is 3.86. The molecule has 0 N–H and O–H groups in total. The summed E-state index contributed by atoms with van der Waals surface area (Å²) in [6.07, 6.45) is 1.13. The second-order valence-electron chi connectivity index (χ2n) is 7.18. The molecule has 2 aromatic heterocycles. The number of hydrogen-bond acceptors (Lipinski definition) is 6. The highest BCUT2D eigenvalue weighted by atomic mass is 32.1. The first-order valence-electron chi connectivity index (χ1n) is 9.32. The van der Waals surface area contributed by atoms with Crippen molar-refractivity contribution in [2.75, 3.05) is 18.0 Å². The molecule has 2 atom stereocenters. The minimum Gasteiger partial charge on any atom is -0.363 e. The van der Waals surface area contributed by atoms with Crippen LogP contribution in [0.15, 0.2) is 30.3 Å². The van der Waals surface area contributed by atoms with Gasteiger partial charge in [0.25, 0.3) is 0 Å². The molecule has 2 unspecified atom stereocenters. The molecule has 27 heavy (non-hydrogen) atoms. The molecule has 3 aromatic rings. The molecule has 0 bridgehead atoms. The predicted molar refractivity (Wildman–Crippen MR) is 106 cm³/mol. The number of benzene rings is 1. The zero-order chi connectivity index (χ0) is 19.0. The van der Waals surface area contributed by atoms with Crippen molar-refractivity contribution in [3.63, 3.8) is 0 Å². The van der Waals surface area contributed by atoms with Crippen molar-refractivity contribution in [1.82, 2.24) is 24.7 Å². The fraction of sp³-hybridized carbons (Fsp3) is 0.474. The Morgan fingerprint density at radius 3 is 2.52 bits per heavy atom. The van der Waals surface area contributed by atoms with E-state index in [1.54, 1.807) is 4.52 Å². The maximum absolute atomic E-state index is 12.8. The number of carbonyl (C=O) groups is 1. The first-order valence-corrected chi connectivity index (χ1v) is 10.1. The number of para-hydroxylation sites is 1. The van der Waals surface area contributed by atoms with Crippen LogP contribution in [-0.4, -0.2) is 55.8 Å². The summed E-state index contributed by atoms with van der Waals surface area (Å²) in [6, 6.07) is 11.0. The molecule has 8 heteroatoms. The van der Waals surface area contributed by atoms with Gasteiger partial charge in [-0.15, -0.1) is 10.2 Å². The third kappa shape index (κ3) is 3.53. The van der Waals surface area contributed by atoms with Gasteiger partial charge in [-0.2, -0.15) is 9.61 Å². The van der Waals surface area contributed by atoms with Crippen molar-refractivity contribution in [3.8, 4) is 0 Å². The van der Waals surface area contributed by atoms with Crippen LogP contribution in [0.2, 0.25) is 0 Å². The monoisotopic (exact) mass is 384 g/mol. The van der Waals surface area contributed by atoms with Crippen molar-refractivity contribution in [1.29, 1.82) is 0 Å². The Balaban J connectivity index is 1.38. The van der Waals surface area contributed by atoms with Crippen molar-refractivity contribution in [2.45, 2.75) is 45.7 Å². The molecule has 1 amide bonds. The molecule has 0 saturated carbocycles. The number of aromatic nitrogens is 4. The van der Waals surface area contributed by atoms with Crippen LogP contribution in [0.1, 0.15) is 31.1 Å². The Morgan fingerprint density at radius 1 is 1.15 bits per heavy atom. The van der Waals surface area contributed by atoms with Gasteiger partial charge in [-0.05, 0) is 32.9 Å². The summed E-state index contributed by atoms with van der Waals surface area (Å²) < 4.78 is 1.74. The van der Waals surface area contributed by atoms with Gasteiger partial charge in [-0.1, -0.05) is 29.5 Å². The molecular formula is C19H24N6OS. The highest BCUT2D eigenvalue weighted by Gasteiger charge is 2.31. The van der Waals surface area contributed by atoms with Crippen LogP contribution in [0.5, 0.6) is 0 Å². The minimum absolute atomic E-state index is 0.198. The van der Waals surface area contributed by atoms with Crippen LogP contribution in [0, 0.1) is 6.92 Å². The van der Waals surface area contributed by atoms with Crippen LogP contribution in [0.4, 0.5) is 5.69 Å². The van der Waals surface area contributed by atoms with Gasteiger partial charge in [0.1, 0.15) is 5.01 Å². The summed E-state index contributed by atoms with van der Waals surface area (Å²) in [5.74, 6) is 0.975. The van der Waals surface area contributed by atoms with Gasteiger partial charge in [-0.3, -0.25) is 4.79 Å². The molecule has 4 rings (SSSR count). The average Bonchev–Trinajstić information content (AvgIpc) is 3.21. The molecule has 1 aliphatic heterocycles. The smallest absolute Gasteiger partial charge is 0.234 e. The van der Waals surface area contributed by atoms with E-state index in [4.69, 9.17) is 0 Å². The molecule has 0 spiro atoms. The Bertz CT molecular complexity index is 924. The molecule has 1 fully saturated rings. The molecule has 7 nitrogen and oxygen atoms in total. The topological polar surface area (TPSA) is 66.6 Å². The average molecular weight is 385 g/mol. The molecule has 0 aliphatic carbocycles. The number of amides is 1. The number of nitrogens with zero attached hydrogens (tertiary/aromatic N) is 6. The van der Waals surface area contributed by atoms with E-state index < -0.39 is 0 Å². The number of fused-ring (bicyclic) bond motifs is 1. The third-order valence-corrected chi connectivity index (χ3v) is 6.03. The Kier molecular flexibility index (Phi) is 4.82. The summed E-state index contributed by atoms with van der Waals surface area (Å²) in [5.41, 5.74) is 1.22. The van der Waals surface area contributed by atoms with Gasteiger partial charge < -0.3 is 9.80 Å². The van der Waals surface area contributed by atoms with Gasteiger partial charge in [0.05, 0.1) is 0 Å². The van der Waals surface area contributed by atoms with Gasteiger partial charge in [0.2, 0.25) is 10.9 Å². The minimum atomic E-state index is 0.198. The lowest BCUT2D eigenvalue weighted by Gasteiger charge is -2.46. The number of aryl methyl sites for hydroxylation is 2. The normalized spacial score (nSPS) is 20.4. The maximum Gasteiger partial charge on any atom is 0.234 e. The second-order valence-corrected chi connectivity index (χ2v) is 8.22. The largest absolute Gasteiger partial charge is 0.363 e. The predicted octanol–water partition coefficient (Wildman–Crippen LogP) is 2.55. The number of anilines is 1. The highest BCUT2D eigenvalue weighted by Crippen LogP contribution is 2.25. The Labute approximate surface area is 162 Å². The molecule has 0 radical (unpaired) electrons. The van der Waals surface area contributed by atoms with E-state index >= 15 is 0 Å². The lowest BCUT2D eigenvalue weighted by molar-refractivity contribution is -0.132. The number of hydrogen-bond donors (Lipinski definition) is 0. The molecule has 142 valence electrons. The van der Waals surface area contributed by atoms with Crippen molar-refractivity contribution in [3.05, 3.63) is 41.2 Å². The first kappa shape index (κ1) is 17.9. The third-order valence-electron chi connectivity index (χ3n) is 5.07. The lowest BCUT2D eigenvalue weighted by Crippen LogP contribution is -2.58. The van der Waals surface area contributed by atoms with Crippen LogP contribution < -0.4 is 4.90 Å². The SMILES string of the molecule is Cc1nnc2sc(CCC(=O)N3CC(C)N(c4ccccc4)C(C)C3)nn12. The van der Waals surface area contributed by atoms with E-state index in [0.29, 0.717) is 12.8 Å². The highest BCUT2D eigenvalue weighted by molar-refractivity contribution is 7.16. The molecule has 1 aliphatic rings. The fourth-order valence-corrected chi connectivity index (χ4v) is 4.74. The van der Waals surface area contributed by atoms with Gasteiger partial charge >= 0.3 is 0 Å². The maximum atomic E-state index is 12.8. The van der Waals surface area contributed by atoms with Crippen molar-refractivity contribution < 1.29 is 4.79 Å². The van der Waals surface area contributed by atoms with E-state index in [2.05, 4.69) is 58.3 Å². The molecule has 1 saturated heterocycles. The van der Waals surface area contributed by atoms with Crippen LogP contribution in [-0.2, 0) is 11.2 Å². The Hall–Kier alpha value is -2.48. The standard InChI is InChI=1S/C19H24N6OS/c1-13-11-23(12-14(2)24(13)16-7-5-4-6-8-16)18(26)10-9-17-22-25-15(3)20-21-19(25)27-17/h4-8,13-14H,9-12H2,1-3H3. The van der Waals surface area contributed by atoms with Crippen LogP contribution >= 0.6 is 11.3 Å². The van der Waals surface area contributed by atoms with Gasteiger partial charge in [0.15, 0.2) is 5.82 Å². The summed E-state index contributed by atoms with van der Waals surface area (Å²) in [4.78, 5) is 18.0. The zero-order valence-electron chi connectivity index (χ0n) is 15.9. The summed E-state index contributed by atoms with van der Waals surface area (Å²) >= 11 is 1.50. The van der Waals surface area contributed by atoms with E-state index in [0.717, 1.165) is 28.9 Å². The van der Waals surface area contributed by atoms with Crippen LogP contribution in [0.3, 0.4) is 0 Å². The summed E-state index contributed by atoms with van der Waals surface area (Å²) in [7, 11) is 0. The molecule has 1 aromatic carbocycles. The van der Waals surface area contributed by atoms with E-state index in [1.165, 1.54) is 17.0 Å². The van der Waals surface area contributed by atoms with Crippen LogP contribution in [0.25, 0.3) is 4.96 Å². The van der Waals surface area contributed by atoms with Crippen molar-refractivity contribution in [2.24, 2.45) is 0 Å².